The molecule has 0 spiro atoms. The number of rotatable bonds is 7. The smallest absolute Gasteiger partial charge is 1.00 e. The average molecular weight is 518 g/mol. The van der Waals surface area contributed by atoms with Gasteiger partial charge in [-0.3, -0.25) is 0 Å². The zero-order valence-electron chi connectivity index (χ0n) is 18.2. The monoisotopic (exact) mass is 516 g/mol. The van der Waals surface area contributed by atoms with Crippen molar-refractivity contribution in [3.8, 4) is 0 Å². The molecule has 0 bridgehead atoms. The Kier molecular flexibility index (Phi) is 14.2. The molecule has 0 saturated heterocycles. The average Bonchev–Trinajstić information content (AvgIpc) is 3.27. The molecule has 0 fully saturated rings. The second kappa shape index (κ2) is 14.8. The van der Waals surface area contributed by atoms with Crippen molar-refractivity contribution in [1.82, 2.24) is 0 Å². The van der Waals surface area contributed by atoms with Crippen molar-refractivity contribution in [2.75, 3.05) is 0 Å². The van der Waals surface area contributed by atoms with Gasteiger partial charge in [0.25, 0.3) is 0 Å². The zero-order valence-corrected chi connectivity index (χ0v) is 22.0. The molecule has 164 valence electrons. The minimum absolute atomic E-state index is 0. The van der Waals surface area contributed by atoms with Gasteiger partial charge in [-0.05, 0) is 23.0 Å². The van der Waals surface area contributed by atoms with Crippen LogP contribution in [0.5, 0.6) is 0 Å². The summed E-state index contributed by atoms with van der Waals surface area (Å²) in [6, 6.07) is 32.9. The van der Waals surface area contributed by atoms with Gasteiger partial charge in [-0.1, -0.05) is 105 Å². The second-order valence-corrected chi connectivity index (χ2v) is 7.51. The molecule has 32 heavy (non-hydrogen) atoms. The molecule has 3 aromatic rings. The third-order valence-electron chi connectivity index (χ3n) is 5.87. The van der Waals surface area contributed by atoms with Gasteiger partial charge in [-0.15, -0.1) is 17.7 Å². The molecule has 0 nitrogen and oxygen atoms in total. The molecular formula is C28H27Cl3Ti. The number of unbranched alkanes of at least 4 members (excludes halogenated alkanes) is 1. The first-order chi connectivity index (χ1) is 13.9. The molecule has 0 saturated carbocycles. The molecule has 4 heteroatoms. The molecule has 0 amide bonds. The Hall–Kier alpha value is -1.28. The normalized spacial score (nSPS) is 12.2. The first kappa shape index (κ1) is 30.7. The Morgan fingerprint density at radius 1 is 0.719 bits per heavy atom. The summed E-state index contributed by atoms with van der Waals surface area (Å²) in [7, 11) is 0. The minimum atomic E-state index is -0.121. The summed E-state index contributed by atoms with van der Waals surface area (Å²) >= 11 is 0. The van der Waals surface area contributed by atoms with Gasteiger partial charge < -0.3 is 37.2 Å². The van der Waals surface area contributed by atoms with Crippen LogP contribution in [0.2, 0.25) is 0 Å². The largest absolute Gasteiger partial charge is 4.00 e. The number of allylic oxidation sites excluding steroid dienone is 4. The van der Waals surface area contributed by atoms with Crippen LogP contribution < -0.4 is 37.2 Å². The zero-order chi connectivity index (χ0) is 19.2. The van der Waals surface area contributed by atoms with E-state index in [0.29, 0.717) is 0 Å². The Morgan fingerprint density at radius 2 is 1.19 bits per heavy atom. The topological polar surface area (TPSA) is 0 Å². The van der Waals surface area contributed by atoms with Gasteiger partial charge in [0.1, 0.15) is 0 Å². The van der Waals surface area contributed by atoms with Gasteiger partial charge >= 0.3 is 21.7 Å². The molecule has 0 atom stereocenters. The fourth-order valence-corrected chi connectivity index (χ4v) is 4.54. The molecule has 1 aliphatic carbocycles. The SMILES string of the molecule is CCCCC(C1=C(c2ccccc2)[C-]=CC1)(c1ccccc1)c1ccccc1.[Cl-].[Cl-].[Cl-].[Ti+4]. The Bertz CT molecular complexity index is 928. The second-order valence-electron chi connectivity index (χ2n) is 7.51. The van der Waals surface area contributed by atoms with Crippen molar-refractivity contribution < 1.29 is 58.9 Å². The van der Waals surface area contributed by atoms with Crippen molar-refractivity contribution in [3.63, 3.8) is 0 Å². The molecule has 0 N–H and O–H groups in total. The van der Waals surface area contributed by atoms with Crippen LogP contribution in [0.15, 0.2) is 103 Å². The molecule has 1 aliphatic rings. The van der Waals surface area contributed by atoms with Crippen LogP contribution in [0.3, 0.4) is 0 Å². The fourth-order valence-electron chi connectivity index (χ4n) is 4.54. The van der Waals surface area contributed by atoms with Crippen LogP contribution in [-0.4, -0.2) is 0 Å². The fraction of sp³-hybridized carbons (Fsp3) is 0.214. The summed E-state index contributed by atoms with van der Waals surface area (Å²) in [6.07, 6.45) is 10.3. The first-order valence-corrected chi connectivity index (χ1v) is 10.3. The van der Waals surface area contributed by atoms with Gasteiger partial charge in [0, 0.05) is 0 Å². The third-order valence-corrected chi connectivity index (χ3v) is 5.87. The summed E-state index contributed by atoms with van der Waals surface area (Å²) in [5, 5.41) is 0. The van der Waals surface area contributed by atoms with Crippen molar-refractivity contribution in [2.24, 2.45) is 0 Å². The Labute approximate surface area is 226 Å². The maximum absolute atomic E-state index is 3.60. The van der Waals surface area contributed by atoms with Crippen LogP contribution in [0.4, 0.5) is 0 Å². The van der Waals surface area contributed by atoms with Crippen molar-refractivity contribution in [3.05, 3.63) is 125 Å². The molecule has 4 rings (SSSR count). The van der Waals surface area contributed by atoms with E-state index < -0.39 is 0 Å². The molecule has 0 heterocycles. The van der Waals surface area contributed by atoms with E-state index in [1.807, 2.05) is 0 Å². The van der Waals surface area contributed by atoms with Crippen LogP contribution >= 0.6 is 0 Å². The minimum Gasteiger partial charge on any atom is -1.00 e. The maximum atomic E-state index is 3.60. The van der Waals surface area contributed by atoms with E-state index in [1.165, 1.54) is 40.7 Å². The van der Waals surface area contributed by atoms with Crippen LogP contribution in [0.25, 0.3) is 5.57 Å². The van der Waals surface area contributed by atoms with E-state index >= 15 is 0 Å². The van der Waals surface area contributed by atoms with E-state index in [1.54, 1.807) is 0 Å². The summed E-state index contributed by atoms with van der Waals surface area (Å²) in [5.74, 6) is 0. The van der Waals surface area contributed by atoms with Gasteiger partial charge in [0.05, 0.1) is 0 Å². The van der Waals surface area contributed by atoms with Gasteiger partial charge in [0.2, 0.25) is 0 Å². The van der Waals surface area contributed by atoms with Crippen LogP contribution in [0.1, 0.15) is 49.3 Å². The maximum Gasteiger partial charge on any atom is 4.00 e. The predicted molar refractivity (Wildman–Crippen MR) is 119 cm³/mol. The van der Waals surface area contributed by atoms with Crippen molar-refractivity contribution in [1.29, 1.82) is 0 Å². The van der Waals surface area contributed by atoms with E-state index in [9.17, 15) is 0 Å². The van der Waals surface area contributed by atoms with Crippen LogP contribution in [-0.2, 0) is 27.1 Å². The van der Waals surface area contributed by atoms with E-state index in [-0.39, 0.29) is 64.4 Å². The van der Waals surface area contributed by atoms with Gasteiger partial charge in [-0.2, -0.15) is 23.3 Å². The third kappa shape index (κ3) is 6.19. The summed E-state index contributed by atoms with van der Waals surface area (Å²) in [6.45, 7) is 2.28. The summed E-state index contributed by atoms with van der Waals surface area (Å²) < 4.78 is 0. The van der Waals surface area contributed by atoms with Gasteiger partial charge in [-0.25, -0.2) is 0 Å². The Morgan fingerprint density at radius 3 is 1.66 bits per heavy atom. The molecule has 0 radical (unpaired) electrons. The van der Waals surface area contributed by atoms with E-state index in [2.05, 4.69) is 110 Å². The molecule has 0 aromatic heterocycles. The van der Waals surface area contributed by atoms with Gasteiger partial charge in [0.15, 0.2) is 0 Å². The number of benzene rings is 3. The molecule has 0 unspecified atom stereocenters. The Balaban J connectivity index is 0.00000240. The summed E-state index contributed by atoms with van der Waals surface area (Å²) in [4.78, 5) is 0. The first-order valence-electron chi connectivity index (χ1n) is 10.3. The number of hydrogen-bond acceptors (Lipinski definition) is 0. The molecule has 3 aromatic carbocycles. The van der Waals surface area contributed by atoms with Crippen molar-refractivity contribution >= 4 is 5.57 Å². The standard InChI is InChI=1S/C28H27.3ClH.Ti/c1-2-3-22-28(24-16-9-5-10-17-24,25-18-11-6-12-19-25)27-21-13-20-26(27)23-14-7-4-8-15-23;;;;/h4-19H,2-3,21-22H2,1H3;3*1H;/q-1;;;;+4/p-3. The molecular weight excluding hydrogens is 491 g/mol. The number of hydrogen-bond donors (Lipinski definition) is 0. The van der Waals surface area contributed by atoms with E-state index in [0.717, 1.165) is 12.8 Å². The summed E-state index contributed by atoms with van der Waals surface area (Å²) in [5.41, 5.74) is 6.65. The van der Waals surface area contributed by atoms with Crippen LogP contribution in [0, 0.1) is 6.08 Å². The van der Waals surface area contributed by atoms with E-state index in [4.69, 9.17) is 0 Å². The number of halogens is 3. The predicted octanol–water partition coefficient (Wildman–Crippen LogP) is -1.61. The molecule has 0 aliphatic heterocycles. The quantitative estimate of drug-likeness (QED) is 0.261. The van der Waals surface area contributed by atoms with Crippen molar-refractivity contribution in [2.45, 2.75) is 38.0 Å².